The molecule has 1 aliphatic heterocycles. The Kier molecular flexibility index (Phi) is 8.32. The number of nitrogens with zero attached hydrogens (tertiary/aromatic N) is 3. The Hall–Kier alpha value is -2.89. The highest BCUT2D eigenvalue weighted by atomic mass is 79.9. The van der Waals surface area contributed by atoms with Gasteiger partial charge in [-0.05, 0) is 47.2 Å². The molecule has 0 amide bonds. The number of hydrogen-bond donors (Lipinski definition) is 1. The minimum absolute atomic E-state index is 0.272. The first-order valence-corrected chi connectivity index (χ1v) is 12.2. The average molecular weight is 597 g/mol. The first-order valence-electron chi connectivity index (χ1n) is 10.6. The van der Waals surface area contributed by atoms with Crippen molar-refractivity contribution in [2.24, 2.45) is 0 Å². The fraction of sp³-hybridized carbons (Fsp3) is 0.208. The minimum Gasteiger partial charge on any atom is -0.491 e. The molecule has 1 aliphatic rings. The summed E-state index contributed by atoms with van der Waals surface area (Å²) >= 11 is 16.1. The number of fused-ring (bicyclic) bond motifs is 1. The number of aromatic nitrogens is 2. The van der Waals surface area contributed by atoms with Crippen molar-refractivity contribution in [1.29, 1.82) is 0 Å². The van der Waals surface area contributed by atoms with Crippen molar-refractivity contribution in [3.05, 3.63) is 104 Å². The minimum atomic E-state index is -1.50. The van der Waals surface area contributed by atoms with Crippen LogP contribution in [0.4, 0.5) is 0 Å². The van der Waals surface area contributed by atoms with Gasteiger partial charge in [-0.3, -0.25) is 0 Å². The number of hydrogen-bond acceptors (Lipinski definition) is 6. The van der Waals surface area contributed by atoms with E-state index < -0.39 is 10.9 Å². The van der Waals surface area contributed by atoms with Crippen molar-refractivity contribution >= 4 is 49.9 Å². The van der Waals surface area contributed by atoms with Crippen LogP contribution in [0.3, 0.4) is 0 Å². The Morgan fingerprint density at radius 2 is 1.94 bits per heavy atom. The predicted molar refractivity (Wildman–Crippen MR) is 137 cm³/mol. The van der Waals surface area contributed by atoms with Gasteiger partial charge < -0.3 is 24.0 Å². The molecule has 0 spiro atoms. The second kappa shape index (κ2) is 11.4. The number of rotatable bonds is 6. The molecule has 2 unspecified atom stereocenters. The Balaban J connectivity index is 0.000000709. The third-order valence-corrected chi connectivity index (χ3v) is 6.40. The average Bonchev–Trinajstić information content (AvgIpc) is 3.48. The maximum absolute atomic E-state index is 8.36. The van der Waals surface area contributed by atoms with Crippen LogP contribution in [0.2, 0.25) is 10.0 Å². The van der Waals surface area contributed by atoms with Gasteiger partial charge in [-0.15, -0.1) is 10.1 Å². The smallest absolute Gasteiger partial charge is 0.291 e. The summed E-state index contributed by atoms with van der Waals surface area (Å²) in [5, 5.41) is 16.9. The molecule has 1 fully saturated rings. The first kappa shape index (κ1) is 26.2. The molecule has 36 heavy (non-hydrogen) atoms. The summed E-state index contributed by atoms with van der Waals surface area (Å²) in [6.07, 6.45) is 5.02. The van der Waals surface area contributed by atoms with E-state index in [9.17, 15) is 0 Å². The van der Waals surface area contributed by atoms with Gasteiger partial charge in [-0.2, -0.15) is 0 Å². The fourth-order valence-electron chi connectivity index (χ4n) is 3.85. The summed E-state index contributed by atoms with van der Waals surface area (Å²) in [7, 11) is 0. The molecule has 0 aliphatic carbocycles. The standard InChI is InChI=1S/C24H19BrCl2N2O3.HNO3/c25-18-3-1-17-10-20(5-2-16(17)9-18)30-12-21-13-31-24(32-21,14-29-8-7-28-15-29)22-6-4-19(26)11-23(22)27;2-1(3)4/h1-11,15,21H,12-14H2;(H,2,3,4). The van der Waals surface area contributed by atoms with E-state index in [4.69, 9.17) is 52.7 Å². The number of ether oxygens (including phenoxy) is 3. The van der Waals surface area contributed by atoms with Crippen LogP contribution in [0.5, 0.6) is 5.75 Å². The van der Waals surface area contributed by atoms with Crippen molar-refractivity contribution in [2.75, 3.05) is 13.2 Å². The number of halogens is 3. The summed E-state index contributed by atoms with van der Waals surface area (Å²) in [5.41, 5.74) is 0.719. The van der Waals surface area contributed by atoms with Crippen LogP contribution in [-0.2, 0) is 21.8 Å². The van der Waals surface area contributed by atoms with Gasteiger partial charge >= 0.3 is 0 Å². The SMILES string of the molecule is Clc1ccc(C2(Cn3ccnc3)OCC(COc3ccc4cc(Br)ccc4c3)O2)c(Cl)c1.O=[N+]([O-])O. The van der Waals surface area contributed by atoms with Crippen LogP contribution in [-0.4, -0.2) is 39.2 Å². The van der Waals surface area contributed by atoms with E-state index >= 15 is 0 Å². The molecular formula is C24H20BrCl2N3O6. The van der Waals surface area contributed by atoms with Crippen LogP contribution in [0.25, 0.3) is 10.8 Å². The van der Waals surface area contributed by atoms with E-state index in [0.29, 0.717) is 29.8 Å². The van der Waals surface area contributed by atoms with Crippen molar-refractivity contribution in [1.82, 2.24) is 9.55 Å². The molecule has 2 heterocycles. The van der Waals surface area contributed by atoms with Gasteiger partial charge in [-0.1, -0.05) is 57.3 Å². The third-order valence-electron chi connectivity index (χ3n) is 5.36. The van der Waals surface area contributed by atoms with Gasteiger partial charge in [0.15, 0.2) is 0 Å². The lowest BCUT2D eigenvalue weighted by Crippen LogP contribution is -2.34. The molecule has 188 valence electrons. The lowest BCUT2D eigenvalue weighted by molar-refractivity contribution is -0.742. The second-order valence-electron chi connectivity index (χ2n) is 7.87. The molecule has 0 bridgehead atoms. The highest BCUT2D eigenvalue weighted by Crippen LogP contribution is 2.40. The number of imidazole rings is 1. The van der Waals surface area contributed by atoms with E-state index in [1.165, 1.54) is 0 Å². The Morgan fingerprint density at radius 1 is 1.19 bits per heavy atom. The zero-order chi connectivity index (χ0) is 25.7. The van der Waals surface area contributed by atoms with E-state index in [1.807, 2.05) is 41.1 Å². The van der Waals surface area contributed by atoms with Crippen LogP contribution in [0.15, 0.2) is 77.8 Å². The van der Waals surface area contributed by atoms with Gasteiger partial charge in [0.05, 0.1) is 24.5 Å². The van der Waals surface area contributed by atoms with Gasteiger partial charge in [0.1, 0.15) is 18.5 Å². The quantitative estimate of drug-likeness (QED) is 0.211. The molecule has 1 aromatic heterocycles. The Bertz CT molecular complexity index is 1350. The number of benzene rings is 3. The van der Waals surface area contributed by atoms with Crippen LogP contribution in [0.1, 0.15) is 5.56 Å². The zero-order valence-electron chi connectivity index (χ0n) is 18.6. The van der Waals surface area contributed by atoms with Crippen LogP contribution >= 0.6 is 39.1 Å². The molecule has 5 rings (SSSR count). The monoisotopic (exact) mass is 595 g/mol. The highest BCUT2D eigenvalue weighted by Gasteiger charge is 2.45. The summed E-state index contributed by atoms with van der Waals surface area (Å²) in [6.45, 7) is 1.11. The van der Waals surface area contributed by atoms with Crippen molar-refractivity contribution in [3.63, 3.8) is 0 Å². The second-order valence-corrected chi connectivity index (χ2v) is 9.62. The fourth-order valence-corrected chi connectivity index (χ4v) is 4.78. The van der Waals surface area contributed by atoms with Gasteiger partial charge in [0.25, 0.3) is 5.09 Å². The molecule has 1 N–H and O–H groups in total. The summed E-state index contributed by atoms with van der Waals surface area (Å²) in [4.78, 5) is 12.5. The Morgan fingerprint density at radius 3 is 2.67 bits per heavy atom. The third kappa shape index (κ3) is 6.45. The molecule has 4 aromatic rings. The summed E-state index contributed by atoms with van der Waals surface area (Å²) in [6, 6.07) is 17.5. The van der Waals surface area contributed by atoms with Crippen LogP contribution in [0, 0.1) is 10.1 Å². The molecule has 0 radical (unpaired) electrons. The molecular weight excluding hydrogens is 577 g/mol. The Labute approximate surface area is 224 Å². The van der Waals surface area contributed by atoms with Crippen LogP contribution < -0.4 is 4.74 Å². The van der Waals surface area contributed by atoms with Gasteiger partial charge in [0.2, 0.25) is 5.79 Å². The van der Waals surface area contributed by atoms with E-state index in [0.717, 1.165) is 26.6 Å². The maximum atomic E-state index is 8.36. The highest BCUT2D eigenvalue weighted by molar-refractivity contribution is 9.10. The molecule has 2 atom stereocenters. The largest absolute Gasteiger partial charge is 0.491 e. The molecule has 3 aromatic carbocycles. The van der Waals surface area contributed by atoms with E-state index in [1.54, 1.807) is 24.7 Å². The molecule has 9 nitrogen and oxygen atoms in total. The maximum Gasteiger partial charge on any atom is 0.291 e. The van der Waals surface area contributed by atoms with E-state index in [2.05, 4.69) is 33.0 Å². The molecule has 1 saturated heterocycles. The first-order chi connectivity index (χ1) is 17.2. The lowest BCUT2D eigenvalue weighted by Gasteiger charge is -2.30. The van der Waals surface area contributed by atoms with Crippen molar-refractivity contribution in [3.8, 4) is 5.75 Å². The molecule has 12 heteroatoms. The van der Waals surface area contributed by atoms with Gasteiger partial charge in [0, 0.05) is 27.5 Å². The summed E-state index contributed by atoms with van der Waals surface area (Å²) in [5.74, 6) is -0.286. The summed E-state index contributed by atoms with van der Waals surface area (Å²) < 4.78 is 21.6. The molecule has 0 saturated carbocycles. The van der Waals surface area contributed by atoms with Crippen molar-refractivity contribution < 1.29 is 24.5 Å². The van der Waals surface area contributed by atoms with Crippen molar-refractivity contribution in [2.45, 2.75) is 18.4 Å². The normalized spacial score (nSPS) is 19.0. The van der Waals surface area contributed by atoms with E-state index in [-0.39, 0.29) is 6.10 Å². The zero-order valence-corrected chi connectivity index (χ0v) is 21.7. The topological polar surface area (TPSA) is 109 Å². The predicted octanol–water partition coefficient (Wildman–Crippen LogP) is 6.11. The van der Waals surface area contributed by atoms with Gasteiger partial charge in [-0.25, -0.2) is 4.98 Å². The lowest BCUT2D eigenvalue weighted by atomic mass is 10.1.